The van der Waals surface area contributed by atoms with E-state index in [0.29, 0.717) is 5.56 Å². The first-order valence-electron chi connectivity index (χ1n) is 4.35. The van der Waals surface area contributed by atoms with Crippen molar-refractivity contribution in [3.63, 3.8) is 0 Å². The Kier molecular flexibility index (Phi) is 3.14. The van der Waals surface area contributed by atoms with Crippen LogP contribution in [0.5, 0.6) is 0 Å². The van der Waals surface area contributed by atoms with Gasteiger partial charge in [-0.05, 0) is 13.8 Å². The van der Waals surface area contributed by atoms with E-state index in [0.717, 1.165) is 5.56 Å². The number of rotatable bonds is 3. The Bertz CT molecular complexity index is 349. The quantitative estimate of drug-likeness (QED) is 0.577. The molecule has 1 unspecified atom stereocenters. The molecule has 1 N–H and O–H groups in total. The number of ketones is 2. The van der Waals surface area contributed by atoms with Crippen LogP contribution in [0.15, 0.2) is 24.3 Å². The number of aliphatic hydroxyl groups is 1. The third-order valence-electron chi connectivity index (χ3n) is 1.92. The molecule has 74 valence electrons. The molecular weight excluding hydrogens is 180 g/mol. The standard InChI is InChI=1S/C11H12O3/c1-7-3-5-9(6-4-7)11(14)10(13)8(2)12/h3-6,8,12H,1-2H3. The summed E-state index contributed by atoms with van der Waals surface area (Å²) in [6, 6.07) is 6.67. The third-order valence-corrected chi connectivity index (χ3v) is 1.92. The van der Waals surface area contributed by atoms with Crippen LogP contribution in [0.2, 0.25) is 0 Å². The summed E-state index contributed by atoms with van der Waals surface area (Å²) >= 11 is 0. The third kappa shape index (κ3) is 2.26. The van der Waals surface area contributed by atoms with Crippen LogP contribution < -0.4 is 0 Å². The molecule has 0 aromatic heterocycles. The lowest BCUT2D eigenvalue weighted by molar-refractivity contribution is -0.121. The van der Waals surface area contributed by atoms with Crippen molar-refractivity contribution >= 4 is 11.6 Å². The fourth-order valence-corrected chi connectivity index (χ4v) is 1.04. The molecule has 0 radical (unpaired) electrons. The highest BCUT2D eigenvalue weighted by Crippen LogP contribution is 2.05. The predicted octanol–water partition coefficient (Wildman–Crippen LogP) is 1.13. The van der Waals surface area contributed by atoms with Crippen LogP contribution in [0.4, 0.5) is 0 Å². The summed E-state index contributed by atoms with van der Waals surface area (Å²) in [5.74, 6) is -1.41. The minimum atomic E-state index is -1.23. The van der Waals surface area contributed by atoms with Crippen molar-refractivity contribution in [2.24, 2.45) is 0 Å². The van der Waals surface area contributed by atoms with Gasteiger partial charge in [-0.3, -0.25) is 9.59 Å². The van der Waals surface area contributed by atoms with E-state index in [1.807, 2.05) is 6.92 Å². The predicted molar refractivity (Wildman–Crippen MR) is 52.2 cm³/mol. The Morgan fingerprint density at radius 1 is 1.21 bits per heavy atom. The Labute approximate surface area is 82.4 Å². The molecule has 3 nitrogen and oxygen atoms in total. The molecule has 0 heterocycles. The minimum absolute atomic E-state index is 0.321. The van der Waals surface area contributed by atoms with E-state index in [-0.39, 0.29) is 0 Å². The molecule has 1 aromatic carbocycles. The number of hydrogen-bond acceptors (Lipinski definition) is 3. The lowest BCUT2D eigenvalue weighted by atomic mass is 10.0. The summed E-state index contributed by atoms with van der Waals surface area (Å²) in [7, 11) is 0. The van der Waals surface area contributed by atoms with Crippen molar-refractivity contribution < 1.29 is 14.7 Å². The number of carbonyl (C=O) groups excluding carboxylic acids is 2. The van der Waals surface area contributed by atoms with Gasteiger partial charge in [0.05, 0.1) is 0 Å². The summed E-state index contributed by atoms with van der Waals surface area (Å²) in [4.78, 5) is 22.5. The van der Waals surface area contributed by atoms with Gasteiger partial charge in [-0.2, -0.15) is 0 Å². The molecule has 1 atom stereocenters. The number of hydrogen-bond donors (Lipinski definition) is 1. The van der Waals surface area contributed by atoms with E-state index >= 15 is 0 Å². The highest BCUT2D eigenvalue weighted by Gasteiger charge is 2.20. The Morgan fingerprint density at radius 2 is 1.71 bits per heavy atom. The zero-order valence-corrected chi connectivity index (χ0v) is 8.15. The Hall–Kier alpha value is -1.48. The SMILES string of the molecule is Cc1ccc(C(=O)C(=O)C(C)O)cc1. The van der Waals surface area contributed by atoms with E-state index in [4.69, 9.17) is 5.11 Å². The molecule has 3 heteroatoms. The summed E-state index contributed by atoms with van der Waals surface area (Å²) in [5.41, 5.74) is 1.34. The first kappa shape index (κ1) is 10.6. The van der Waals surface area contributed by atoms with Crippen LogP contribution in [0.25, 0.3) is 0 Å². The van der Waals surface area contributed by atoms with Crippen LogP contribution in [0.3, 0.4) is 0 Å². The second-order valence-corrected chi connectivity index (χ2v) is 3.24. The molecule has 1 rings (SSSR count). The van der Waals surface area contributed by atoms with Gasteiger partial charge in [0.25, 0.3) is 0 Å². The number of aliphatic hydroxyl groups excluding tert-OH is 1. The van der Waals surface area contributed by atoms with Gasteiger partial charge in [0.15, 0.2) is 0 Å². The van der Waals surface area contributed by atoms with E-state index in [2.05, 4.69) is 0 Å². The average Bonchev–Trinajstić information content (AvgIpc) is 2.16. The van der Waals surface area contributed by atoms with Crippen molar-refractivity contribution in [2.75, 3.05) is 0 Å². The summed E-state index contributed by atoms with van der Waals surface area (Å²) in [6.45, 7) is 3.18. The molecule has 0 aliphatic rings. The second kappa shape index (κ2) is 4.15. The van der Waals surface area contributed by atoms with Crippen LogP contribution in [0.1, 0.15) is 22.8 Å². The van der Waals surface area contributed by atoms with Crippen molar-refractivity contribution in [1.29, 1.82) is 0 Å². The van der Waals surface area contributed by atoms with Gasteiger partial charge in [-0.15, -0.1) is 0 Å². The largest absolute Gasteiger partial charge is 0.385 e. The monoisotopic (exact) mass is 192 g/mol. The molecular formula is C11H12O3. The number of aryl methyl sites for hydroxylation is 1. The Balaban J connectivity index is 2.90. The topological polar surface area (TPSA) is 54.4 Å². The van der Waals surface area contributed by atoms with E-state index in [9.17, 15) is 9.59 Å². The maximum Gasteiger partial charge on any atom is 0.231 e. The lowest BCUT2D eigenvalue weighted by Gasteiger charge is -2.02. The molecule has 0 saturated heterocycles. The first-order chi connectivity index (χ1) is 6.52. The van der Waals surface area contributed by atoms with Gasteiger partial charge in [-0.25, -0.2) is 0 Å². The van der Waals surface area contributed by atoms with E-state index in [1.54, 1.807) is 24.3 Å². The minimum Gasteiger partial charge on any atom is -0.385 e. The summed E-state index contributed by atoms with van der Waals surface area (Å²) in [6.07, 6.45) is -1.23. The summed E-state index contributed by atoms with van der Waals surface area (Å²) in [5, 5.41) is 8.94. The molecule has 0 aliphatic heterocycles. The highest BCUT2D eigenvalue weighted by atomic mass is 16.3. The smallest absolute Gasteiger partial charge is 0.231 e. The van der Waals surface area contributed by atoms with Crippen LogP contribution in [-0.2, 0) is 4.79 Å². The molecule has 1 aromatic rings. The number of benzene rings is 1. The normalized spacial score (nSPS) is 12.2. The van der Waals surface area contributed by atoms with E-state index < -0.39 is 17.7 Å². The lowest BCUT2D eigenvalue weighted by Crippen LogP contribution is -2.25. The van der Waals surface area contributed by atoms with E-state index in [1.165, 1.54) is 6.92 Å². The zero-order valence-electron chi connectivity index (χ0n) is 8.15. The van der Waals surface area contributed by atoms with Gasteiger partial charge in [0.2, 0.25) is 11.6 Å². The van der Waals surface area contributed by atoms with Crippen LogP contribution in [0, 0.1) is 6.92 Å². The fourth-order valence-electron chi connectivity index (χ4n) is 1.04. The summed E-state index contributed by atoms with van der Waals surface area (Å²) < 4.78 is 0. The molecule has 0 spiro atoms. The number of Topliss-reactive ketones (excluding diaryl/α,β-unsaturated/α-hetero) is 2. The second-order valence-electron chi connectivity index (χ2n) is 3.24. The average molecular weight is 192 g/mol. The molecule has 0 bridgehead atoms. The molecule has 14 heavy (non-hydrogen) atoms. The fraction of sp³-hybridized carbons (Fsp3) is 0.273. The van der Waals surface area contributed by atoms with Crippen molar-refractivity contribution in [3.05, 3.63) is 35.4 Å². The zero-order chi connectivity index (χ0) is 10.7. The molecule has 0 fully saturated rings. The molecule has 0 saturated carbocycles. The molecule has 0 amide bonds. The first-order valence-corrected chi connectivity index (χ1v) is 4.35. The van der Waals surface area contributed by atoms with Gasteiger partial charge in [0, 0.05) is 5.56 Å². The molecule has 0 aliphatic carbocycles. The highest BCUT2D eigenvalue weighted by molar-refractivity contribution is 6.44. The van der Waals surface area contributed by atoms with Gasteiger partial charge < -0.3 is 5.11 Å². The van der Waals surface area contributed by atoms with Gasteiger partial charge >= 0.3 is 0 Å². The maximum absolute atomic E-state index is 11.4. The van der Waals surface area contributed by atoms with Crippen molar-refractivity contribution in [2.45, 2.75) is 20.0 Å². The van der Waals surface area contributed by atoms with Gasteiger partial charge in [-0.1, -0.05) is 29.8 Å². The number of carbonyl (C=O) groups is 2. The van der Waals surface area contributed by atoms with Crippen LogP contribution in [-0.4, -0.2) is 22.8 Å². The van der Waals surface area contributed by atoms with Gasteiger partial charge in [0.1, 0.15) is 6.10 Å². The van der Waals surface area contributed by atoms with Crippen LogP contribution >= 0.6 is 0 Å². The maximum atomic E-state index is 11.4. The van der Waals surface area contributed by atoms with Crippen molar-refractivity contribution in [3.8, 4) is 0 Å². The Morgan fingerprint density at radius 3 is 2.14 bits per heavy atom. The van der Waals surface area contributed by atoms with Crippen molar-refractivity contribution in [1.82, 2.24) is 0 Å².